The molecule has 2 aromatic heterocycles. The Balaban J connectivity index is 1.70. The van der Waals surface area contributed by atoms with Gasteiger partial charge < -0.3 is 10.2 Å². The molecule has 0 atom stereocenters. The molecule has 24 heavy (non-hydrogen) atoms. The van der Waals surface area contributed by atoms with E-state index in [1.807, 2.05) is 18.9 Å². The number of rotatable bonds is 5. The minimum atomic E-state index is 0.136. The molecule has 0 saturated heterocycles. The highest BCUT2D eigenvalue weighted by molar-refractivity contribution is 7.18. The van der Waals surface area contributed by atoms with Crippen molar-refractivity contribution in [2.75, 3.05) is 18.9 Å². The first-order chi connectivity index (χ1) is 11.6. The molecule has 0 radical (unpaired) electrons. The maximum Gasteiger partial charge on any atom is 0.241 e. The van der Waals surface area contributed by atoms with Crippen LogP contribution in [0.2, 0.25) is 0 Å². The van der Waals surface area contributed by atoms with Crippen molar-refractivity contribution < 1.29 is 4.79 Å². The van der Waals surface area contributed by atoms with Crippen LogP contribution < -0.4 is 5.32 Å². The molecule has 1 saturated carbocycles. The number of nitrogens with zero attached hydrogens (tertiary/aromatic N) is 3. The van der Waals surface area contributed by atoms with Crippen LogP contribution >= 0.6 is 11.3 Å². The molecule has 0 aliphatic heterocycles. The van der Waals surface area contributed by atoms with Crippen molar-refractivity contribution in [3.05, 3.63) is 16.8 Å². The van der Waals surface area contributed by atoms with Gasteiger partial charge in [-0.1, -0.05) is 26.2 Å². The molecule has 0 aromatic carbocycles. The molecule has 0 bridgehead atoms. The van der Waals surface area contributed by atoms with Gasteiger partial charge in [0.2, 0.25) is 5.91 Å². The maximum atomic E-state index is 12.5. The molecule has 2 heterocycles. The second kappa shape index (κ2) is 7.47. The van der Waals surface area contributed by atoms with Crippen molar-refractivity contribution in [2.45, 2.75) is 58.4 Å². The first kappa shape index (κ1) is 17.1. The predicted molar refractivity (Wildman–Crippen MR) is 99.7 cm³/mol. The highest BCUT2D eigenvalue weighted by Gasteiger charge is 2.22. The average Bonchev–Trinajstić information content (AvgIpc) is 3.02. The Labute approximate surface area is 147 Å². The summed E-state index contributed by atoms with van der Waals surface area (Å²) in [5.74, 6) is 1.65. The SMILES string of the molecule is CCc1cc2c(NCC(=O)N(C)C3CCCCC3)nc(C)nc2s1. The molecule has 6 heteroatoms. The molecular weight excluding hydrogens is 320 g/mol. The van der Waals surface area contributed by atoms with Gasteiger partial charge in [0.25, 0.3) is 0 Å². The number of hydrogen-bond donors (Lipinski definition) is 1. The summed E-state index contributed by atoms with van der Waals surface area (Å²) in [7, 11) is 1.93. The molecule has 1 N–H and O–H groups in total. The van der Waals surface area contributed by atoms with Crippen LogP contribution in [0.5, 0.6) is 0 Å². The molecule has 1 amide bonds. The first-order valence-electron chi connectivity index (χ1n) is 8.85. The summed E-state index contributed by atoms with van der Waals surface area (Å²) in [6.45, 7) is 4.32. The van der Waals surface area contributed by atoms with E-state index in [1.54, 1.807) is 11.3 Å². The molecular formula is C18H26N4OS. The Hall–Kier alpha value is -1.69. The van der Waals surface area contributed by atoms with E-state index in [-0.39, 0.29) is 12.5 Å². The highest BCUT2D eigenvalue weighted by Crippen LogP contribution is 2.29. The number of hydrogen-bond acceptors (Lipinski definition) is 5. The minimum absolute atomic E-state index is 0.136. The van der Waals surface area contributed by atoms with E-state index in [0.29, 0.717) is 6.04 Å². The lowest BCUT2D eigenvalue weighted by atomic mass is 9.94. The third-order valence-corrected chi connectivity index (χ3v) is 6.00. The number of fused-ring (bicyclic) bond motifs is 1. The zero-order chi connectivity index (χ0) is 17.1. The fraction of sp³-hybridized carbons (Fsp3) is 0.611. The van der Waals surface area contributed by atoms with Gasteiger partial charge in [-0.15, -0.1) is 11.3 Å². The number of carbonyl (C=O) groups excluding carboxylic acids is 1. The molecule has 0 spiro atoms. The topological polar surface area (TPSA) is 58.1 Å². The molecule has 3 rings (SSSR count). The van der Waals surface area contributed by atoms with Gasteiger partial charge in [0.15, 0.2) is 0 Å². The van der Waals surface area contributed by atoms with Gasteiger partial charge in [-0.2, -0.15) is 0 Å². The molecule has 0 unspecified atom stereocenters. The summed E-state index contributed by atoms with van der Waals surface area (Å²) in [4.78, 5) is 25.7. The summed E-state index contributed by atoms with van der Waals surface area (Å²) in [6, 6.07) is 2.53. The summed E-state index contributed by atoms with van der Waals surface area (Å²) in [6.07, 6.45) is 7.01. The molecule has 5 nitrogen and oxygen atoms in total. The van der Waals surface area contributed by atoms with Crippen LogP contribution in [0.3, 0.4) is 0 Å². The Bertz CT molecular complexity index is 721. The Morgan fingerprint density at radius 1 is 1.33 bits per heavy atom. The number of likely N-dealkylation sites (N-methyl/N-ethyl adjacent to an activating group) is 1. The van der Waals surface area contributed by atoms with E-state index in [4.69, 9.17) is 0 Å². The summed E-state index contributed by atoms with van der Waals surface area (Å²) < 4.78 is 0. The Morgan fingerprint density at radius 2 is 2.08 bits per heavy atom. The van der Waals surface area contributed by atoms with Crippen LogP contribution in [0.4, 0.5) is 5.82 Å². The van der Waals surface area contributed by atoms with Gasteiger partial charge in [0.1, 0.15) is 16.5 Å². The van der Waals surface area contributed by atoms with E-state index < -0.39 is 0 Å². The van der Waals surface area contributed by atoms with E-state index in [2.05, 4.69) is 28.3 Å². The maximum absolute atomic E-state index is 12.5. The third kappa shape index (κ3) is 3.69. The lowest BCUT2D eigenvalue weighted by molar-refractivity contribution is -0.130. The fourth-order valence-corrected chi connectivity index (χ4v) is 4.36. The number of anilines is 1. The monoisotopic (exact) mass is 346 g/mol. The van der Waals surface area contributed by atoms with Crippen LogP contribution in [0.25, 0.3) is 10.2 Å². The standard InChI is InChI=1S/C18H26N4OS/c1-4-14-10-15-17(20-12(2)21-18(15)24-14)19-11-16(23)22(3)13-8-6-5-7-9-13/h10,13H,4-9,11H2,1-3H3,(H,19,20,21). The van der Waals surface area contributed by atoms with Gasteiger partial charge in [0.05, 0.1) is 11.9 Å². The molecule has 2 aromatic rings. The van der Waals surface area contributed by atoms with E-state index in [9.17, 15) is 4.79 Å². The fourth-order valence-electron chi connectivity index (χ4n) is 3.34. The van der Waals surface area contributed by atoms with Crippen molar-refractivity contribution in [1.29, 1.82) is 0 Å². The quantitative estimate of drug-likeness (QED) is 0.895. The van der Waals surface area contributed by atoms with Crippen molar-refractivity contribution in [1.82, 2.24) is 14.9 Å². The lowest BCUT2D eigenvalue weighted by Gasteiger charge is -2.31. The van der Waals surface area contributed by atoms with Crippen LogP contribution in [0.1, 0.15) is 49.7 Å². The number of thiophene rings is 1. The second-order valence-corrected chi connectivity index (χ2v) is 7.67. The van der Waals surface area contributed by atoms with E-state index >= 15 is 0 Å². The zero-order valence-corrected chi connectivity index (χ0v) is 15.6. The molecule has 1 aliphatic carbocycles. The van der Waals surface area contributed by atoms with Crippen molar-refractivity contribution in [3.8, 4) is 0 Å². The molecule has 1 aliphatic rings. The van der Waals surface area contributed by atoms with E-state index in [0.717, 1.165) is 41.1 Å². The summed E-state index contributed by atoms with van der Waals surface area (Å²) in [5.41, 5.74) is 0. The molecule has 130 valence electrons. The normalized spacial score (nSPS) is 15.6. The largest absolute Gasteiger partial charge is 0.360 e. The number of carbonyl (C=O) groups is 1. The molecule has 1 fully saturated rings. The third-order valence-electron chi connectivity index (χ3n) is 4.83. The number of aryl methyl sites for hydroxylation is 2. The van der Waals surface area contributed by atoms with Crippen molar-refractivity contribution >= 4 is 33.3 Å². The smallest absolute Gasteiger partial charge is 0.241 e. The second-order valence-electron chi connectivity index (χ2n) is 6.55. The van der Waals surface area contributed by atoms with E-state index in [1.165, 1.54) is 24.1 Å². The lowest BCUT2D eigenvalue weighted by Crippen LogP contribution is -2.41. The van der Waals surface area contributed by atoms with Crippen LogP contribution in [-0.2, 0) is 11.2 Å². The van der Waals surface area contributed by atoms with Crippen molar-refractivity contribution in [2.24, 2.45) is 0 Å². The average molecular weight is 346 g/mol. The van der Waals surface area contributed by atoms with Crippen LogP contribution in [-0.4, -0.2) is 40.4 Å². The summed E-state index contributed by atoms with van der Waals surface area (Å²) >= 11 is 1.70. The highest BCUT2D eigenvalue weighted by atomic mass is 32.1. The zero-order valence-electron chi connectivity index (χ0n) is 14.8. The number of aromatic nitrogens is 2. The Kier molecular flexibility index (Phi) is 5.33. The van der Waals surface area contributed by atoms with Gasteiger partial charge in [-0.05, 0) is 32.3 Å². The van der Waals surface area contributed by atoms with Gasteiger partial charge in [-0.3, -0.25) is 4.79 Å². The van der Waals surface area contributed by atoms with Crippen LogP contribution in [0, 0.1) is 6.92 Å². The number of nitrogens with one attached hydrogen (secondary N) is 1. The van der Waals surface area contributed by atoms with Gasteiger partial charge in [-0.25, -0.2) is 9.97 Å². The predicted octanol–water partition coefficient (Wildman–Crippen LogP) is 3.77. The van der Waals surface area contributed by atoms with Gasteiger partial charge >= 0.3 is 0 Å². The van der Waals surface area contributed by atoms with Crippen molar-refractivity contribution in [3.63, 3.8) is 0 Å². The number of amides is 1. The first-order valence-corrected chi connectivity index (χ1v) is 9.66. The van der Waals surface area contributed by atoms with Gasteiger partial charge in [0, 0.05) is 18.0 Å². The Morgan fingerprint density at radius 3 is 2.79 bits per heavy atom. The summed E-state index contributed by atoms with van der Waals surface area (Å²) in [5, 5.41) is 4.27. The van der Waals surface area contributed by atoms with Crippen LogP contribution in [0.15, 0.2) is 6.07 Å². The minimum Gasteiger partial charge on any atom is -0.360 e.